The van der Waals surface area contributed by atoms with Gasteiger partial charge in [-0.3, -0.25) is 4.79 Å². The molecule has 0 unspecified atom stereocenters. The summed E-state index contributed by atoms with van der Waals surface area (Å²) in [6, 6.07) is 16.5. The Balaban J connectivity index is 1.44. The third kappa shape index (κ3) is 5.25. The third-order valence-electron chi connectivity index (χ3n) is 4.25. The van der Waals surface area contributed by atoms with E-state index in [1.54, 1.807) is 11.8 Å². The number of thioether (sulfide) groups is 1. The summed E-state index contributed by atoms with van der Waals surface area (Å²) in [7, 11) is 0. The molecule has 25 heavy (non-hydrogen) atoms. The Bertz CT molecular complexity index is 697. The summed E-state index contributed by atoms with van der Waals surface area (Å²) in [4.78, 5) is 15.5. The molecular weight excluding hydrogens is 332 g/mol. The van der Waals surface area contributed by atoms with Crippen molar-refractivity contribution in [2.24, 2.45) is 0 Å². The number of benzene rings is 2. The maximum absolute atomic E-state index is 12.1. The highest BCUT2D eigenvalue weighted by atomic mass is 32.2. The van der Waals surface area contributed by atoms with E-state index >= 15 is 0 Å². The SMILES string of the molecule is Cc1ccccc1SCC(=O)NCc1ccc(N2CCOCC2)cc1. The maximum Gasteiger partial charge on any atom is 0.230 e. The number of morpholine rings is 1. The molecule has 0 saturated carbocycles. The Morgan fingerprint density at radius 1 is 1.12 bits per heavy atom. The van der Waals surface area contributed by atoms with Crippen molar-refractivity contribution < 1.29 is 9.53 Å². The number of carbonyl (C=O) groups excluding carboxylic acids is 1. The van der Waals surface area contributed by atoms with Crippen LogP contribution >= 0.6 is 11.8 Å². The number of carbonyl (C=O) groups is 1. The highest BCUT2D eigenvalue weighted by Crippen LogP contribution is 2.21. The number of nitrogens with zero attached hydrogens (tertiary/aromatic N) is 1. The van der Waals surface area contributed by atoms with E-state index in [0.29, 0.717) is 12.3 Å². The summed E-state index contributed by atoms with van der Waals surface area (Å²) in [5.74, 6) is 0.502. The summed E-state index contributed by atoms with van der Waals surface area (Å²) < 4.78 is 5.38. The minimum atomic E-state index is 0.0607. The molecule has 2 aromatic rings. The first-order valence-electron chi connectivity index (χ1n) is 8.59. The average molecular weight is 356 g/mol. The van der Waals surface area contributed by atoms with Crippen LogP contribution in [0.15, 0.2) is 53.4 Å². The lowest BCUT2D eigenvalue weighted by atomic mass is 10.2. The Morgan fingerprint density at radius 3 is 2.56 bits per heavy atom. The molecule has 1 heterocycles. The predicted octanol–water partition coefficient (Wildman–Crippen LogP) is 3.24. The quantitative estimate of drug-likeness (QED) is 0.807. The number of amides is 1. The average Bonchev–Trinajstić information content (AvgIpc) is 2.67. The fraction of sp³-hybridized carbons (Fsp3) is 0.350. The van der Waals surface area contributed by atoms with Gasteiger partial charge in [0.1, 0.15) is 0 Å². The molecule has 5 heteroatoms. The molecule has 0 aromatic heterocycles. The maximum atomic E-state index is 12.1. The Labute approximate surface area is 153 Å². The van der Waals surface area contributed by atoms with Gasteiger partial charge in [0.05, 0.1) is 19.0 Å². The van der Waals surface area contributed by atoms with Crippen LogP contribution in [0.25, 0.3) is 0 Å². The zero-order valence-electron chi connectivity index (χ0n) is 14.5. The molecule has 0 bridgehead atoms. The van der Waals surface area contributed by atoms with Crippen LogP contribution in [-0.2, 0) is 16.1 Å². The zero-order valence-corrected chi connectivity index (χ0v) is 15.3. The highest BCUT2D eigenvalue weighted by Gasteiger charge is 2.11. The first kappa shape index (κ1) is 17.8. The topological polar surface area (TPSA) is 41.6 Å². The molecule has 2 aromatic carbocycles. The van der Waals surface area contributed by atoms with Crippen LogP contribution in [0.4, 0.5) is 5.69 Å². The molecule has 0 atom stereocenters. The normalized spacial score (nSPS) is 14.4. The molecule has 0 aliphatic carbocycles. The van der Waals surface area contributed by atoms with E-state index in [1.807, 2.05) is 12.1 Å². The van der Waals surface area contributed by atoms with Gasteiger partial charge >= 0.3 is 0 Å². The Kier molecular flexibility index (Phi) is 6.36. The smallest absolute Gasteiger partial charge is 0.230 e. The van der Waals surface area contributed by atoms with E-state index in [0.717, 1.165) is 36.8 Å². The van der Waals surface area contributed by atoms with Crippen LogP contribution < -0.4 is 10.2 Å². The fourth-order valence-electron chi connectivity index (χ4n) is 2.76. The minimum Gasteiger partial charge on any atom is -0.378 e. The molecule has 1 amide bonds. The number of aryl methyl sites for hydroxylation is 1. The molecule has 1 aliphatic heterocycles. The van der Waals surface area contributed by atoms with Crippen molar-refractivity contribution >= 4 is 23.4 Å². The van der Waals surface area contributed by atoms with Gasteiger partial charge in [-0.2, -0.15) is 0 Å². The lowest BCUT2D eigenvalue weighted by Gasteiger charge is -2.28. The molecule has 132 valence electrons. The molecule has 1 aliphatic rings. The van der Waals surface area contributed by atoms with Crippen LogP contribution in [0.2, 0.25) is 0 Å². The number of anilines is 1. The number of hydrogen-bond donors (Lipinski definition) is 1. The van der Waals surface area contributed by atoms with Crippen molar-refractivity contribution in [1.82, 2.24) is 5.32 Å². The number of ether oxygens (including phenoxy) is 1. The van der Waals surface area contributed by atoms with Gasteiger partial charge in [0, 0.05) is 30.2 Å². The molecule has 4 nitrogen and oxygen atoms in total. The van der Waals surface area contributed by atoms with Gasteiger partial charge in [0.2, 0.25) is 5.91 Å². The van der Waals surface area contributed by atoms with Gasteiger partial charge in [-0.1, -0.05) is 30.3 Å². The van der Waals surface area contributed by atoms with E-state index in [9.17, 15) is 4.79 Å². The van der Waals surface area contributed by atoms with Gasteiger partial charge in [0.25, 0.3) is 0 Å². The van der Waals surface area contributed by atoms with Gasteiger partial charge in [0.15, 0.2) is 0 Å². The second kappa shape index (κ2) is 8.92. The predicted molar refractivity (Wildman–Crippen MR) is 103 cm³/mol. The van der Waals surface area contributed by atoms with Gasteiger partial charge < -0.3 is 15.0 Å². The molecule has 1 N–H and O–H groups in total. The van der Waals surface area contributed by atoms with Crippen LogP contribution in [0.5, 0.6) is 0 Å². The molecular formula is C20H24N2O2S. The molecule has 3 rings (SSSR count). The summed E-state index contributed by atoms with van der Waals surface area (Å²) in [6.45, 7) is 6.08. The van der Waals surface area contributed by atoms with E-state index in [1.165, 1.54) is 11.3 Å². The summed E-state index contributed by atoms with van der Waals surface area (Å²) in [5.41, 5.74) is 3.54. The van der Waals surface area contributed by atoms with Gasteiger partial charge in [-0.15, -0.1) is 11.8 Å². The van der Waals surface area contributed by atoms with Crippen molar-refractivity contribution in [1.29, 1.82) is 0 Å². The third-order valence-corrected chi connectivity index (χ3v) is 5.43. The van der Waals surface area contributed by atoms with E-state index in [-0.39, 0.29) is 5.91 Å². The lowest BCUT2D eigenvalue weighted by molar-refractivity contribution is -0.118. The molecule has 1 fully saturated rings. The minimum absolute atomic E-state index is 0.0607. The lowest BCUT2D eigenvalue weighted by Crippen LogP contribution is -2.36. The highest BCUT2D eigenvalue weighted by molar-refractivity contribution is 8.00. The van der Waals surface area contributed by atoms with Crippen molar-refractivity contribution in [2.45, 2.75) is 18.4 Å². The standard InChI is InChI=1S/C20H24N2O2S/c1-16-4-2-3-5-19(16)25-15-20(23)21-14-17-6-8-18(9-7-17)22-10-12-24-13-11-22/h2-9H,10-15H2,1H3,(H,21,23). The van der Waals surface area contributed by atoms with Gasteiger partial charge in [-0.25, -0.2) is 0 Å². The van der Waals surface area contributed by atoms with Crippen LogP contribution in [0, 0.1) is 6.92 Å². The van der Waals surface area contributed by atoms with Crippen LogP contribution in [0.1, 0.15) is 11.1 Å². The second-order valence-corrected chi connectivity index (χ2v) is 7.11. The zero-order chi connectivity index (χ0) is 17.5. The Morgan fingerprint density at radius 2 is 1.84 bits per heavy atom. The monoisotopic (exact) mass is 356 g/mol. The van der Waals surface area contributed by atoms with Gasteiger partial charge in [-0.05, 0) is 36.2 Å². The number of hydrogen-bond acceptors (Lipinski definition) is 4. The largest absolute Gasteiger partial charge is 0.378 e. The molecule has 0 radical (unpaired) electrons. The number of rotatable bonds is 6. The van der Waals surface area contributed by atoms with Crippen molar-refractivity contribution in [3.8, 4) is 0 Å². The summed E-state index contributed by atoms with van der Waals surface area (Å²) in [6.07, 6.45) is 0. The first-order chi connectivity index (χ1) is 12.2. The van der Waals surface area contributed by atoms with Crippen molar-refractivity contribution in [3.63, 3.8) is 0 Å². The Hall–Kier alpha value is -1.98. The van der Waals surface area contributed by atoms with Crippen molar-refractivity contribution in [3.05, 3.63) is 59.7 Å². The van der Waals surface area contributed by atoms with Crippen LogP contribution in [-0.4, -0.2) is 38.0 Å². The fourth-order valence-corrected chi connectivity index (χ4v) is 3.62. The molecule has 0 spiro atoms. The van der Waals surface area contributed by atoms with Crippen molar-refractivity contribution in [2.75, 3.05) is 37.0 Å². The van der Waals surface area contributed by atoms with Crippen LogP contribution in [0.3, 0.4) is 0 Å². The summed E-state index contributed by atoms with van der Waals surface area (Å²) >= 11 is 1.58. The van der Waals surface area contributed by atoms with E-state index in [2.05, 4.69) is 53.5 Å². The second-order valence-electron chi connectivity index (χ2n) is 6.10. The van der Waals surface area contributed by atoms with E-state index < -0.39 is 0 Å². The van der Waals surface area contributed by atoms with E-state index in [4.69, 9.17) is 4.74 Å². The number of nitrogens with one attached hydrogen (secondary N) is 1. The first-order valence-corrected chi connectivity index (χ1v) is 9.58. The summed E-state index contributed by atoms with van der Waals surface area (Å²) in [5, 5.41) is 2.99. The molecule has 1 saturated heterocycles.